The van der Waals surface area contributed by atoms with E-state index in [0.29, 0.717) is 4.88 Å². The lowest BCUT2D eigenvalue weighted by atomic mass is 10.0. The zero-order valence-corrected chi connectivity index (χ0v) is 14.2. The molecule has 1 aliphatic heterocycles. The number of amides is 4. The van der Waals surface area contributed by atoms with Crippen molar-refractivity contribution in [1.82, 2.24) is 15.5 Å². The summed E-state index contributed by atoms with van der Waals surface area (Å²) in [5.41, 5.74) is -0.432. The van der Waals surface area contributed by atoms with Crippen LogP contribution in [0.1, 0.15) is 17.4 Å². The molecule has 1 aromatic heterocycles. The number of carbonyl (C=O) groups is 3. The summed E-state index contributed by atoms with van der Waals surface area (Å²) in [6, 6.07) is 8.66. The maximum Gasteiger partial charge on any atom is 0.325 e. The molecule has 1 fully saturated rings. The van der Waals surface area contributed by atoms with Crippen LogP contribution in [0.2, 0.25) is 0 Å². The van der Waals surface area contributed by atoms with Crippen LogP contribution in [0.15, 0.2) is 41.8 Å². The molecular formula is C17H16FN3O3S. The molecule has 1 aliphatic rings. The molecule has 0 bridgehead atoms. The van der Waals surface area contributed by atoms with Gasteiger partial charge in [-0.05, 0) is 36.1 Å². The topological polar surface area (TPSA) is 78.5 Å². The Balaban J connectivity index is 1.62. The Morgan fingerprint density at radius 1 is 1.28 bits per heavy atom. The van der Waals surface area contributed by atoms with Crippen LogP contribution in [-0.2, 0) is 21.7 Å². The Hall–Kier alpha value is -2.74. The molecule has 1 atom stereocenters. The second-order valence-electron chi connectivity index (χ2n) is 5.83. The fraction of sp³-hybridized carbons (Fsp3) is 0.235. The zero-order chi connectivity index (χ0) is 18.0. The van der Waals surface area contributed by atoms with E-state index in [9.17, 15) is 18.8 Å². The van der Waals surface area contributed by atoms with E-state index in [2.05, 4.69) is 10.6 Å². The van der Waals surface area contributed by atoms with Crippen molar-refractivity contribution in [2.45, 2.75) is 19.0 Å². The van der Waals surface area contributed by atoms with Crippen molar-refractivity contribution >= 4 is 29.2 Å². The Kier molecular flexibility index (Phi) is 4.54. The molecule has 2 N–H and O–H groups in total. The van der Waals surface area contributed by atoms with Crippen molar-refractivity contribution in [3.63, 3.8) is 0 Å². The van der Waals surface area contributed by atoms with Gasteiger partial charge in [0.1, 0.15) is 12.4 Å². The van der Waals surface area contributed by atoms with Gasteiger partial charge in [-0.25, -0.2) is 9.18 Å². The van der Waals surface area contributed by atoms with Crippen LogP contribution in [0.4, 0.5) is 9.18 Å². The molecule has 0 aliphatic carbocycles. The minimum Gasteiger partial charge on any atom is -0.350 e. The molecule has 8 heteroatoms. The van der Waals surface area contributed by atoms with E-state index in [1.54, 1.807) is 31.2 Å². The van der Waals surface area contributed by atoms with Crippen molar-refractivity contribution in [1.29, 1.82) is 0 Å². The molecule has 2 aromatic rings. The van der Waals surface area contributed by atoms with Gasteiger partial charge in [0.15, 0.2) is 5.54 Å². The average molecular weight is 361 g/mol. The third kappa shape index (κ3) is 3.39. The van der Waals surface area contributed by atoms with Crippen molar-refractivity contribution in [3.05, 3.63) is 58.0 Å². The highest BCUT2D eigenvalue weighted by Gasteiger charge is 2.50. The summed E-state index contributed by atoms with van der Waals surface area (Å²) in [5.74, 6) is -1.29. The first-order valence-corrected chi connectivity index (χ1v) is 8.47. The summed E-state index contributed by atoms with van der Waals surface area (Å²) in [7, 11) is 0. The van der Waals surface area contributed by atoms with Gasteiger partial charge >= 0.3 is 6.03 Å². The minimum atomic E-state index is -1.15. The van der Waals surface area contributed by atoms with Gasteiger partial charge in [0.25, 0.3) is 5.91 Å². The van der Waals surface area contributed by atoms with Crippen LogP contribution in [0.5, 0.6) is 0 Å². The van der Waals surface area contributed by atoms with Gasteiger partial charge in [-0.1, -0.05) is 18.2 Å². The van der Waals surface area contributed by atoms with Gasteiger partial charge in [-0.15, -0.1) is 11.3 Å². The number of halogens is 1. The van der Waals surface area contributed by atoms with E-state index in [1.165, 1.54) is 23.5 Å². The van der Waals surface area contributed by atoms with Gasteiger partial charge < -0.3 is 10.6 Å². The predicted octanol–water partition coefficient (Wildman–Crippen LogP) is 1.97. The maximum absolute atomic E-state index is 12.9. The molecular weight excluding hydrogens is 345 g/mol. The van der Waals surface area contributed by atoms with Crippen molar-refractivity contribution < 1.29 is 18.8 Å². The third-order valence-corrected chi connectivity index (χ3v) is 5.09. The van der Waals surface area contributed by atoms with E-state index in [4.69, 9.17) is 0 Å². The predicted molar refractivity (Wildman–Crippen MR) is 90.2 cm³/mol. The number of urea groups is 1. The lowest BCUT2D eigenvalue weighted by Gasteiger charge is -2.19. The first kappa shape index (κ1) is 17.1. The number of nitrogens with zero attached hydrogens (tertiary/aromatic N) is 1. The van der Waals surface area contributed by atoms with Gasteiger partial charge in [0.05, 0.1) is 0 Å². The van der Waals surface area contributed by atoms with Crippen molar-refractivity contribution in [3.8, 4) is 0 Å². The molecule has 0 saturated carbocycles. The summed E-state index contributed by atoms with van der Waals surface area (Å²) in [6.07, 6.45) is 0. The number of carbonyl (C=O) groups excluding carboxylic acids is 3. The monoisotopic (exact) mass is 361 g/mol. The highest BCUT2D eigenvalue weighted by Crippen LogP contribution is 2.31. The number of rotatable bonds is 5. The standard InChI is InChI=1S/C17H16FN3O3S/c1-17(13-3-2-8-25-13)15(23)21(16(24)20-17)10-14(22)19-9-11-4-6-12(18)7-5-11/h2-8H,9-10H2,1H3,(H,19,22)(H,20,24). The highest BCUT2D eigenvalue weighted by atomic mass is 32.1. The van der Waals surface area contributed by atoms with Gasteiger partial charge in [0, 0.05) is 11.4 Å². The summed E-state index contributed by atoms with van der Waals surface area (Å²) in [6.45, 7) is 1.44. The molecule has 0 spiro atoms. The number of imide groups is 1. The largest absolute Gasteiger partial charge is 0.350 e. The minimum absolute atomic E-state index is 0.185. The summed E-state index contributed by atoms with van der Waals surface area (Å²) in [5, 5.41) is 7.08. The lowest BCUT2D eigenvalue weighted by molar-refractivity contribution is -0.134. The van der Waals surface area contributed by atoms with Crippen LogP contribution in [0.3, 0.4) is 0 Å². The van der Waals surface area contributed by atoms with E-state index >= 15 is 0 Å². The van der Waals surface area contributed by atoms with Gasteiger partial charge in [-0.3, -0.25) is 14.5 Å². The molecule has 4 amide bonds. The first-order valence-electron chi connectivity index (χ1n) is 7.59. The molecule has 3 rings (SSSR count). The van der Waals surface area contributed by atoms with Crippen molar-refractivity contribution in [2.24, 2.45) is 0 Å². The number of thiophene rings is 1. The average Bonchev–Trinajstić information content (AvgIpc) is 3.19. The fourth-order valence-electron chi connectivity index (χ4n) is 2.57. The molecule has 2 heterocycles. The summed E-state index contributed by atoms with van der Waals surface area (Å²) >= 11 is 1.36. The normalized spacial score (nSPS) is 19.8. The van der Waals surface area contributed by atoms with E-state index in [0.717, 1.165) is 10.5 Å². The quantitative estimate of drug-likeness (QED) is 0.800. The van der Waals surface area contributed by atoms with Crippen molar-refractivity contribution in [2.75, 3.05) is 6.54 Å². The van der Waals surface area contributed by atoms with E-state index < -0.39 is 23.4 Å². The number of hydrogen-bond acceptors (Lipinski definition) is 4. The molecule has 1 aromatic carbocycles. The van der Waals surface area contributed by atoms with Crippen LogP contribution in [-0.4, -0.2) is 29.3 Å². The van der Waals surface area contributed by atoms with Gasteiger partial charge in [0.2, 0.25) is 5.91 Å². The number of nitrogens with one attached hydrogen (secondary N) is 2. The molecule has 25 heavy (non-hydrogen) atoms. The van der Waals surface area contributed by atoms with Gasteiger partial charge in [-0.2, -0.15) is 0 Å². The van der Waals surface area contributed by atoms with Crippen LogP contribution in [0, 0.1) is 5.82 Å². The first-order chi connectivity index (χ1) is 11.9. The second kappa shape index (κ2) is 6.64. The molecule has 6 nitrogen and oxygen atoms in total. The Labute approximate surface area is 147 Å². The Morgan fingerprint density at radius 3 is 2.64 bits per heavy atom. The zero-order valence-electron chi connectivity index (χ0n) is 13.4. The van der Waals surface area contributed by atoms with Crippen LogP contribution in [0.25, 0.3) is 0 Å². The molecule has 1 saturated heterocycles. The Morgan fingerprint density at radius 2 is 2.00 bits per heavy atom. The Bertz CT molecular complexity index is 807. The fourth-order valence-corrected chi connectivity index (χ4v) is 3.41. The SMILES string of the molecule is CC1(c2cccs2)NC(=O)N(CC(=O)NCc2ccc(F)cc2)C1=O. The smallest absolute Gasteiger partial charge is 0.325 e. The number of benzene rings is 1. The second-order valence-corrected chi connectivity index (χ2v) is 6.77. The summed E-state index contributed by atoms with van der Waals surface area (Å²) in [4.78, 5) is 38.4. The maximum atomic E-state index is 12.9. The van der Waals surface area contributed by atoms with E-state index in [1.807, 2.05) is 5.38 Å². The van der Waals surface area contributed by atoms with Crippen LogP contribution < -0.4 is 10.6 Å². The molecule has 0 radical (unpaired) electrons. The van der Waals surface area contributed by atoms with E-state index in [-0.39, 0.29) is 18.9 Å². The van der Waals surface area contributed by atoms with Crippen LogP contribution >= 0.6 is 11.3 Å². The molecule has 130 valence electrons. The molecule has 1 unspecified atom stereocenters. The third-order valence-electron chi connectivity index (χ3n) is 3.99. The number of hydrogen-bond donors (Lipinski definition) is 2. The summed E-state index contributed by atoms with van der Waals surface area (Å²) < 4.78 is 12.9. The highest BCUT2D eigenvalue weighted by molar-refractivity contribution is 7.10. The lowest BCUT2D eigenvalue weighted by Crippen LogP contribution is -2.42.